The van der Waals surface area contributed by atoms with Crippen LogP contribution >= 0.6 is 0 Å². The number of H-pyrrole nitrogens is 1. The van der Waals surface area contributed by atoms with Crippen molar-refractivity contribution in [3.05, 3.63) is 42.9 Å². The molecule has 1 fully saturated rings. The van der Waals surface area contributed by atoms with Gasteiger partial charge in [0.2, 0.25) is 5.95 Å². The first-order chi connectivity index (χ1) is 11.3. The fourth-order valence-electron chi connectivity index (χ4n) is 3.19. The summed E-state index contributed by atoms with van der Waals surface area (Å²) < 4.78 is 2.23. The Morgan fingerprint density at radius 1 is 1.13 bits per heavy atom. The van der Waals surface area contributed by atoms with Crippen LogP contribution in [0.2, 0.25) is 0 Å². The van der Waals surface area contributed by atoms with E-state index in [1.165, 1.54) is 0 Å². The van der Waals surface area contributed by atoms with Gasteiger partial charge in [0, 0.05) is 43.6 Å². The molecule has 1 N–H and O–H groups in total. The van der Waals surface area contributed by atoms with E-state index in [1.807, 2.05) is 25.4 Å². The first-order valence-corrected chi connectivity index (χ1v) is 7.88. The number of imidazole rings is 2. The lowest BCUT2D eigenvalue weighted by Crippen LogP contribution is -2.37. The van der Waals surface area contributed by atoms with Crippen molar-refractivity contribution in [1.82, 2.24) is 29.5 Å². The molecule has 118 valence electrons. The van der Waals surface area contributed by atoms with Crippen LogP contribution in [-0.4, -0.2) is 42.6 Å². The van der Waals surface area contributed by atoms with E-state index in [0.717, 1.165) is 49.1 Å². The molecule has 3 aromatic rings. The summed E-state index contributed by atoms with van der Waals surface area (Å²) in [4.78, 5) is 23.1. The number of hydrogen-bond acceptors (Lipinski definition) is 5. The minimum absolute atomic E-state index is 0.348. The molecule has 0 aliphatic carbocycles. The Balaban J connectivity index is 1.62. The Kier molecular flexibility index (Phi) is 3.53. The topological polar surface area (TPSA) is 75.5 Å². The summed E-state index contributed by atoms with van der Waals surface area (Å²) in [6.45, 7) is 3.90. The van der Waals surface area contributed by atoms with Crippen LogP contribution in [0.3, 0.4) is 0 Å². The Labute approximate surface area is 134 Å². The molecule has 0 spiro atoms. The normalized spacial score (nSPS) is 18.3. The van der Waals surface area contributed by atoms with Gasteiger partial charge in [-0.3, -0.25) is 0 Å². The number of aromatic nitrogens is 6. The molecule has 3 aromatic heterocycles. The van der Waals surface area contributed by atoms with Crippen molar-refractivity contribution in [2.45, 2.75) is 25.8 Å². The van der Waals surface area contributed by atoms with Crippen LogP contribution in [0, 0.1) is 6.92 Å². The number of hydrogen-bond donors (Lipinski definition) is 1. The van der Waals surface area contributed by atoms with Crippen molar-refractivity contribution in [2.75, 3.05) is 18.0 Å². The van der Waals surface area contributed by atoms with Crippen LogP contribution < -0.4 is 4.90 Å². The molecule has 1 aliphatic heterocycles. The second-order valence-electron chi connectivity index (χ2n) is 5.83. The minimum Gasteiger partial charge on any atom is -0.348 e. The molecule has 0 amide bonds. The van der Waals surface area contributed by atoms with Crippen molar-refractivity contribution in [3.63, 3.8) is 0 Å². The highest BCUT2D eigenvalue weighted by atomic mass is 15.3. The monoisotopic (exact) mass is 309 g/mol. The summed E-state index contributed by atoms with van der Waals surface area (Å²) in [6.07, 6.45) is 11.4. The molecule has 1 atom stereocenters. The van der Waals surface area contributed by atoms with Crippen LogP contribution in [0.5, 0.6) is 0 Å². The van der Waals surface area contributed by atoms with Crippen molar-refractivity contribution in [2.24, 2.45) is 0 Å². The number of rotatable bonds is 3. The first-order valence-electron chi connectivity index (χ1n) is 7.88. The maximum absolute atomic E-state index is 4.52. The van der Waals surface area contributed by atoms with Crippen LogP contribution in [0.1, 0.15) is 24.6 Å². The Morgan fingerprint density at radius 3 is 2.78 bits per heavy atom. The van der Waals surface area contributed by atoms with Crippen molar-refractivity contribution in [3.8, 4) is 11.5 Å². The molecule has 7 heteroatoms. The minimum atomic E-state index is 0.348. The number of anilines is 1. The highest BCUT2D eigenvalue weighted by Crippen LogP contribution is 2.28. The molecular weight excluding hydrogens is 290 g/mol. The van der Waals surface area contributed by atoms with E-state index in [2.05, 4.69) is 34.4 Å². The van der Waals surface area contributed by atoms with E-state index in [0.29, 0.717) is 6.04 Å². The SMILES string of the molecule is Cc1[nH]cnc1-c1nccn1[C@@H]1CCCN(c2ncccn2)C1. The Morgan fingerprint density at radius 2 is 2.00 bits per heavy atom. The van der Waals surface area contributed by atoms with Gasteiger partial charge < -0.3 is 14.5 Å². The number of nitrogens with one attached hydrogen (secondary N) is 1. The fourth-order valence-corrected chi connectivity index (χ4v) is 3.19. The summed E-state index contributed by atoms with van der Waals surface area (Å²) in [6, 6.07) is 2.19. The average molecular weight is 309 g/mol. The van der Waals surface area contributed by atoms with E-state index in [1.54, 1.807) is 18.7 Å². The van der Waals surface area contributed by atoms with Gasteiger partial charge in [0.05, 0.1) is 12.4 Å². The third kappa shape index (κ3) is 2.58. The molecular formula is C16H19N7. The molecule has 0 bridgehead atoms. The van der Waals surface area contributed by atoms with E-state index in [-0.39, 0.29) is 0 Å². The summed E-state index contributed by atoms with van der Waals surface area (Å²) in [7, 11) is 0. The van der Waals surface area contributed by atoms with Crippen LogP contribution in [-0.2, 0) is 0 Å². The van der Waals surface area contributed by atoms with Crippen LogP contribution in [0.15, 0.2) is 37.2 Å². The zero-order valence-electron chi connectivity index (χ0n) is 13.1. The molecule has 1 aliphatic rings. The average Bonchev–Trinajstić information content (AvgIpc) is 3.24. The van der Waals surface area contributed by atoms with Gasteiger partial charge in [-0.15, -0.1) is 0 Å². The molecule has 0 saturated carbocycles. The van der Waals surface area contributed by atoms with Gasteiger partial charge in [-0.1, -0.05) is 0 Å². The second kappa shape index (κ2) is 5.83. The molecule has 0 unspecified atom stereocenters. The summed E-state index contributed by atoms with van der Waals surface area (Å²) >= 11 is 0. The van der Waals surface area contributed by atoms with Crippen LogP contribution in [0.4, 0.5) is 5.95 Å². The number of aromatic amines is 1. The standard InChI is InChI=1S/C16H19N7/c1-12-14(21-11-20-12)15-17-7-9-23(15)13-4-2-8-22(10-13)16-18-5-3-6-19-16/h3,5-7,9,11,13H,2,4,8,10H2,1H3,(H,20,21)/t13-/m1/s1. The van der Waals surface area contributed by atoms with E-state index < -0.39 is 0 Å². The number of piperidine rings is 1. The van der Waals surface area contributed by atoms with Crippen molar-refractivity contribution < 1.29 is 0 Å². The van der Waals surface area contributed by atoms with Gasteiger partial charge >= 0.3 is 0 Å². The van der Waals surface area contributed by atoms with Crippen molar-refractivity contribution >= 4 is 5.95 Å². The number of aryl methyl sites for hydroxylation is 1. The Hall–Kier alpha value is -2.70. The lowest BCUT2D eigenvalue weighted by Gasteiger charge is -2.33. The summed E-state index contributed by atoms with van der Waals surface area (Å²) in [5.41, 5.74) is 1.96. The zero-order chi connectivity index (χ0) is 15.6. The Bertz CT molecular complexity index is 777. The van der Waals surface area contributed by atoms with E-state index in [9.17, 15) is 0 Å². The highest BCUT2D eigenvalue weighted by Gasteiger charge is 2.25. The van der Waals surface area contributed by atoms with Gasteiger partial charge in [-0.25, -0.2) is 19.9 Å². The van der Waals surface area contributed by atoms with Gasteiger partial charge in [0.15, 0.2) is 5.82 Å². The lowest BCUT2D eigenvalue weighted by molar-refractivity contribution is 0.404. The number of nitrogens with zero attached hydrogens (tertiary/aromatic N) is 6. The summed E-state index contributed by atoms with van der Waals surface area (Å²) in [5, 5.41) is 0. The first kappa shape index (κ1) is 13.9. The molecule has 4 rings (SSSR count). The maximum Gasteiger partial charge on any atom is 0.225 e. The molecule has 23 heavy (non-hydrogen) atoms. The third-order valence-corrected chi connectivity index (χ3v) is 4.34. The van der Waals surface area contributed by atoms with Crippen LogP contribution in [0.25, 0.3) is 11.5 Å². The zero-order valence-corrected chi connectivity index (χ0v) is 13.1. The lowest BCUT2D eigenvalue weighted by atomic mass is 10.1. The molecule has 7 nitrogen and oxygen atoms in total. The van der Waals surface area contributed by atoms with Gasteiger partial charge in [0.25, 0.3) is 0 Å². The van der Waals surface area contributed by atoms with Crippen molar-refractivity contribution in [1.29, 1.82) is 0 Å². The summed E-state index contributed by atoms with van der Waals surface area (Å²) in [5.74, 6) is 1.72. The quantitative estimate of drug-likeness (QED) is 0.803. The predicted molar refractivity (Wildman–Crippen MR) is 87.1 cm³/mol. The maximum atomic E-state index is 4.52. The highest BCUT2D eigenvalue weighted by molar-refractivity contribution is 5.53. The van der Waals surface area contributed by atoms with Gasteiger partial charge in [-0.05, 0) is 25.8 Å². The van der Waals surface area contributed by atoms with E-state index >= 15 is 0 Å². The smallest absolute Gasteiger partial charge is 0.225 e. The molecule has 1 saturated heterocycles. The van der Waals surface area contributed by atoms with E-state index in [4.69, 9.17) is 0 Å². The van der Waals surface area contributed by atoms with Gasteiger partial charge in [0.1, 0.15) is 5.69 Å². The third-order valence-electron chi connectivity index (χ3n) is 4.34. The molecule has 0 aromatic carbocycles. The second-order valence-corrected chi connectivity index (χ2v) is 5.83. The fraction of sp³-hybridized carbons (Fsp3) is 0.375. The molecule has 4 heterocycles. The largest absolute Gasteiger partial charge is 0.348 e. The predicted octanol–water partition coefficient (Wildman–Crippen LogP) is 2.21. The molecule has 0 radical (unpaired) electrons. The van der Waals surface area contributed by atoms with Gasteiger partial charge in [-0.2, -0.15) is 0 Å².